The van der Waals surface area contributed by atoms with Crippen molar-refractivity contribution in [1.29, 1.82) is 0 Å². The van der Waals surface area contributed by atoms with Gasteiger partial charge < -0.3 is 5.11 Å². The number of aromatic nitrogens is 4. The maximum atomic E-state index is 10.3. The molecule has 1 atom stereocenters. The largest absolute Gasteiger partial charge is 0.382 e. The van der Waals surface area contributed by atoms with Crippen molar-refractivity contribution >= 4 is 0 Å². The Balaban J connectivity index is 2.35. The van der Waals surface area contributed by atoms with Crippen molar-refractivity contribution in [3.05, 3.63) is 35.4 Å². The molecule has 0 saturated carbocycles. The van der Waals surface area contributed by atoms with Crippen LogP contribution in [0.2, 0.25) is 0 Å². The molecule has 2 aromatic rings. The first-order chi connectivity index (χ1) is 8.15. The standard InChI is InChI=1S/C12H18N4O/c1-4-10-6-11(16(5-2)14-10)12(17)9-7-13-15(3)8-9/h6-8,12,17H,4-5H2,1-3H3. The van der Waals surface area contributed by atoms with E-state index in [-0.39, 0.29) is 0 Å². The van der Waals surface area contributed by atoms with Crippen LogP contribution in [0.5, 0.6) is 0 Å². The summed E-state index contributed by atoms with van der Waals surface area (Å²) in [5.74, 6) is 0. The topological polar surface area (TPSA) is 55.9 Å². The summed E-state index contributed by atoms with van der Waals surface area (Å²) in [6.45, 7) is 4.83. The average molecular weight is 234 g/mol. The minimum Gasteiger partial charge on any atom is -0.382 e. The normalized spacial score (nSPS) is 12.9. The van der Waals surface area contributed by atoms with Crippen LogP contribution in [0.25, 0.3) is 0 Å². The van der Waals surface area contributed by atoms with Crippen molar-refractivity contribution in [1.82, 2.24) is 19.6 Å². The molecular weight excluding hydrogens is 216 g/mol. The molecule has 0 radical (unpaired) electrons. The van der Waals surface area contributed by atoms with Crippen LogP contribution in [0.1, 0.15) is 36.9 Å². The van der Waals surface area contributed by atoms with Gasteiger partial charge in [-0.05, 0) is 19.4 Å². The van der Waals surface area contributed by atoms with E-state index in [0.29, 0.717) is 0 Å². The van der Waals surface area contributed by atoms with E-state index in [9.17, 15) is 5.11 Å². The van der Waals surface area contributed by atoms with Crippen molar-refractivity contribution in [2.75, 3.05) is 0 Å². The molecule has 2 heterocycles. The molecule has 0 saturated heterocycles. The Morgan fingerprint density at radius 2 is 2.18 bits per heavy atom. The fourth-order valence-corrected chi connectivity index (χ4v) is 1.89. The lowest BCUT2D eigenvalue weighted by Crippen LogP contribution is -2.08. The molecule has 0 aromatic carbocycles. The molecule has 0 fully saturated rings. The van der Waals surface area contributed by atoms with Crippen LogP contribution in [0.4, 0.5) is 0 Å². The molecule has 0 aliphatic rings. The molecule has 17 heavy (non-hydrogen) atoms. The van der Waals surface area contributed by atoms with E-state index in [1.54, 1.807) is 10.9 Å². The van der Waals surface area contributed by atoms with Crippen LogP contribution in [-0.2, 0) is 20.0 Å². The molecule has 0 aliphatic heterocycles. The molecule has 5 nitrogen and oxygen atoms in total. The van der Waals surface area contributed by atoms with Gasteiger partial charge in [-0.25, -0.2) is 0 Å². The van der Waals surface area contributed by atoms with Crippen LogP contribution in [0, 0.1) is 0 Å². The van der Waals surface area contributed by atoms with Crippen LogP contribution in [0.15, 0.2) is 18.5 Å². The second-order valence-corrected chi connectivity index (χ2v) is 4.08. The van der Waals surface area contributed by atoms with E-state index in [4.69, 9.17) is 0 Å². The van der Waals surface area contributed by atoms with Gasteiger partial charge in [0.2, 0.25) is 0 Å². The summed E-state index contributed by atoms with van der Waals surface area (Å²) in [7, 11) is 1.84. The number of aryl methyl sites for hydroxylation is 3. The first-order valence-electron chi connectivity index (χ1n) is 5.89. The predicted octanol–water partition coefficient (Wildman–Crippen LogP) is 1.28. The molecule has 5 heteroatoms. The summed E-state index contributed by atoms with van der Waals surface area (Å²) < 4.78 is 3.53. The Morgan fingerprint density at radius 3 is 2.71 bits per heavy atom. The summed E-state index contributed by atoms with van der Waals surface area (Å²) in [6, 6.07) is 1.96. The van der Waals surface area contributed by atoms with E-state index >= 15 is 0 Å². The van der Waals surface area contributed by atoms with Gasteiger partial charge >= 0.3 is 0 Å². The lowest BCUT2D eigenvalue weighted by molar-refractivity contribution is 0.208. The minimum absolute atomic E-state index is 0.656. The number of hydrogen-bond donors (Lipinski definition) is 1. The molecule has 0 spiro atoms. The van der Waals surface area contributed by atoms with E-state index < -0.39 is 6.10 Å². The van der Waals surface area contributed by atoms with Crippen LogP contribution in [0.3, 0.4) is 0 Å². The number of aliphatic hydroxyl groups excluding tert-OH is 1. The molecule has 1 N–H and O–H groups in total. The molecule has 0 amide bonds. The summed E-state index contributed by atoms with van der Waals surface area (Å²) >= 11 is 0. The van der Waals surface area contributed by atoms with E-state index in [2.05, 4.69) is 17.1 Å². The summed E-state index contributed by atoms with van der Waals surface area (Å²) in [4.78, 5) is 0. The van der Waals surface area contributed by atoms with Crippen LogP contribution in [-0.4, -0.2) is 24.7 Å². The average Bonchev–Trinajstić information content (AvgIpc) is 2.93. The third-order valence-electron chi connectivity index (χ3n) is 2.84. The fraction of sp³-hybridized carbons (Fsp3) is 0.500. The fourth-order valence-electron chi connectivity index (χ4n) is 1.89. The number of hydrogen-bond acceptors (Lipinski definition) is 3. The Hall–Kier alpha value is -1.62. The smallest absolute Gasteiger partial charge is 0.124 e. The second-order valence-electron chi connectivity index (χ2n) is 4.08. The third-order valence-corrected chi connectivity index (χ3v) is 2.84. The number of aliphatic hydroxyl groups is 1. The second kappa shape index (κ2) is 4.71. The Bertz CT molecular complexity index is 500. The lowest BCUT2D eigenvalue weighted by Gasteiger charge is -2.09. The van der Waals surface area contributed by atoms with Crippen molar-refractivity contribution in [2.24, 2.45) is 7.05 Å². The molecule has 2 rings (SSSR count). The first kappa shape index (κ1) is 11.9. The quantitative estimate of drug-likeness (QED) is 0.867. The molecule has 0 bridgehead atoms. The molecule has 2 aromatic heterocycles. The van der Waals surface area contributed by atoms with Crippen LogP contribution < -0.4 is 0 Å². The Labute approximate surface area is 101 Å². The van der Waals surface area contributed by atoms with Gasteiger partial charge in [0.25, 0.3) is 0 Å². The van der Waals surface area contributed by atoms with Gasteiger partial charge in [0.1, 0.15) is 6.10 Å². The van der Waals surface area contributed by atoms with Crippen molar-refractivity contribution in [2.45, 2.75) is 32.9 Å². The van der Waals surface area contributed by atoms with E-state index in [0.717, 1.165) is 29.9 Å². The van der Waals surface area contributed by atoms with Gasteiger partial charge in [-0.2, -0.15) is 10.2 Å². The van der Waals surface area contributed by atoms with Crippen molar-refractivity contribution < 1.29 is 5.11 Å². The molecule has 1 unspecified atom stereocenters. The van der Waals surface area contributed by atoms with Gasteiger partial charge in [-0.3, -0.25) is 9.36 Å². The molecular formula is C12H18N4O. The predicted molar refractivity (Wildman–Crippen MR) is 64.5 cm³/mol. The van der Waals surface area contributed by atoms with E-state index in [1.807, 2.05) is 30.9 Å². The highest BCUT2D eigenvalue weighted by atomic mass is 16.3. The highest BCUT2D eigenvalue weighted by molar-refractivity contribution is 5.23. The summed E-state index contributed by atoms with van der Waals surface area (Å²) in [5, 5.41) is 18.8. The maximum absolute atomic E-state index is 10.3. The Morgan fingerprint density at radius 1 is 1.41 bits per heavy atom. The zero-order chi connectivity index (χ0) is 12.4. The minimum atomic E-state index is -0.656. The van der Waals surface area contributed by atoms with Gasteiger partial charge in [0.15, 0.2) is 0 Å². The first-order valence-corrected chi connectivity index (χ1v) is 5.89. The molecule has 92 valence electrons. The third kappa shape index (κ3) is 2.24. The highest BCUT2D eigenvalue weighted by Crippen LogP contribution is 2.22. The zero-order valence-corrected chi connectivity index (χ0v) is 10.5. The Kier molecular flexibility index (Phi) is 3.28. The van der Waals surface area contributed by atoms with Crippen molar-refractivity contribution in [3.63, 3.8) is 0 Å². The van der Waals surface area contributed by atoms with Crippen LogP contribution >= 0.6 is 0 Å². The number of nitrogens with zero attached hydrogens (tertiary/aromatic N) is 4. The number of rotatable bonds is 4. The monoisotopic (exact) mass is 234 g/mol. The highest BCUT2D eigenvalue weighted by Gasteiger charge is 2.17. The van der Waals surface area contributed by atoms with Gasteiger partial charge in [0, 0.05) is 25.4 Å². The molecule has 0 aliphatic carbocycles. The SMILES string of the molecule is CCc1cc(C(O)c2cnn(C)c2)n(CC)n1. The van der Waals surface area contributed by atoms with E-state index in [1.165, 1.54) is 0 Å². The summed E-state index contributed by atoms with van der Waals surface area (Å²) in [5.41, 5.74) is 2.63. The van der Waals surface area contributed by atoms with Crippen molar-refractivity contribution in [3.8, 4) is 0 Å². The maximum Gasteiger partial charge on any atom is 0.124 e. The summed E-state index contributed by atoms with van der Waals surface area (Å²) in [6.07, 6.45) is 3.73. The van der Waals surface area contributed by atoms with Gasteiger partial charge in [0.05, 0.1) is 17.6 Å². The zero-order valence-electron chi connectivity index (χ0n) is 10.5. The van der Waals surface area contributed by atoms with Gasteiger partial charge in [-0.1, -0.05) is 6.92 Å². The lowest BCUT2D eigenvalue weighted by atomic mass is 10.1. The van der Waals surface area contributed by atoms with Gasteiger partial charge in [-0.15, -0.1) is 0 Å².